The van der Waals surface area contributed by atoms with Crippen LogP contribution >= 0.6 is 27.5 Å². The molecule has 5 nitrogen and oxygen atoms in total. The standard InChI is InChI=1S/C14H10BrClN2O3/c1-8-2-4-10(11(15)6-8)14(19)17-13-5-3-9(18(20)21)7-12(13)16/h2-7H,1H3,(H,17,19). The van der Waals surface area contributed by atoms with Crippen LogP contribution in [0, 0.1) is 17.0 Å². The second-order valence-corrected chi connectivity index (χ2v) is 5.62. The van der Waals surface area contributed by atoms with Gasteiger partial charge in [0.15, 0.2) is 0 Å². The SMILES string of the molecule is Cc1ccc(C(=O)Nc2ccc([N+](=O)[O-])cc2Cl)c(Br)c1. The van der Waals surface area contributed by atoms with Gasteiger partial charge < -0.3 is 5.32 Å². The van der Waals surface area contributed by atoms with E-state index in [-0.39, 0.29) is 16.6 Å². The van der Waals surface area contributed by atoms with E-state index >= 15 is 0 Å². The number of aryl methyl sites for hydroxylation is 1. The molecule has 1 amide bonds. The van der Waals surface area contributed by atoms with Crippen molar-refractivity contribution in [2.75, 3.05) is 5.32 Å². The molecule has 0 atom stereocenters. The van der Waals surface area contributed by atoms with Crippen LogP contribution in [-0.4, -0.2) is 10.8 Å². The van der Waals surface area contributed by atoms with Crippen molar-refractivity contribution in [2.24, 2.45) is 0 Å². The third kappa shape index (κ3) is 3.59. The Hall–Kier alpha value is -1.92. The van der Waals surface area contributed by atoms with Crippen LogP contribution in [0.1, 0.15) is 15.9 Å². The van der Waals surface area contributed by atoms with Gasteiger partial charge in [0.1, 0.15) is 0 Å². The minimum atomic E-state index is -0.548. The first-order valence-electron chi connectivity index (χ1n) is 5.90. The summed E-state index contributed by atoms with van der Waals surface area (Å²) in [6.45, 7) is 1.92. The summed E-state index contributed by atoms with van der Waals surface area (Å²) >= 11 is 9.27. The molecule has 2 aromatic rings. The van der Waals surface area contributed by atoms with Crippen molar-refractivity contribution >= 4 is 44.8 Å². The van der Waals surface area contributed by atoms with E-state index < -0.39 is 4.92 Å². The highest BCUT2D eigenvalue weighted by atomic mass is 79.9. The molecule has 0 radical (unpaired) electrons. The van der Waals surface area contributed by atoms with E-state index in [4.69, 9.17) is 11.6 Å². The summed E-state index contributed by atoms with van der Waals surface area (Å²) in [6, 6.07) is 9.21. The van der Waals surface area contributed by atoms with E-state index in [0.717, 1.165) is 5.56 Å². The Morgan fingerprint density at radius 2 is 2.00 bits per heavy atom. The number of nitrogens with zero attached hydrogens (tertiary/aromatic N) is 1. The second kappa shape index (κ2) is 6.24. The predicted octanol–water partition coefficient (Wildman–Crippen LogP) is 4.57. The number of hydrogen-bond donors (Lipinski definition) is 1. The van der Waals surface area contributed by atoms with E-state index in [9.17, 15) is 14.9 Å². The molecule has 0 fully saturated rings. The lowest BCUT2D eigenvalue weighted by molar-refractivity contribution is -0.384. The van der Waals surface area contributed by atoms with Crippen LogP contribution < -0.4 is 5.32 Å². The van der Waals surface area contributed by atoms with Crippen molar-refractivity contribution in [3.05, 3.63) is 67.1 Å². The molecule has 0 unspecified atom stereocenters. The van der Waals surface area contributed by atoms with E-state index in [0.29, 0.717) is 15.7 Å². The van der Waals surface area contributed by atoms with E-state index in [1.165, 1.54) is 18.2 Å². The average Bonchev–Trinajstić information content (AvgIpc) is 2.40. The number of rotatable bonds is 3. The maximum atomic E-state index is 12.2. The molecule has 0 aromatic heterocycles. The molecule has 2 aromatic carbocycles. The lowest BCUT2D eigenvalue weighted by Gasteiger charge is -2.09. The zero-order valence-corrected chi connectivity index (χ0v) is 13.2. The highest BCUT2D eigenvalue weighted by molar-refractivity contribution is 9.10. The Labute approximate surface area is 134 Å². The smallest absolute Gasteiger partial charge is 0.271 e. The van der Waals surface area contributed by atoms with Crippen molar-refractivity contribution in [1.82, 2.24) is 0 Å². The molecule has 0 saturated carbocycles. The van der Waals surface area contributed by atoms with Crippen LogP contribution in [0.2, 0.25) is 5.02 Å². The Bertz CT molecular complexity index is 734. The number of anilines is 1. The van der Waals surface area contributed by atoms with Gasteiger partial charge in [0.25, 0.3) is 11.6 Å². The van der Waals surface area contributed by atoms with Gasteiger partial charge in [-0.3, -0.25) is 14.9 Å². The number of amides is 1. The lowest BCUT2D eigenvalue weighted by Crippen LogP contribution is -2.13. The summed E-state index contributed by atoms with van der Waals surface area (Å²) in [4.78, 5) is 22.3. The van der Waals surface area contributed by atoms with Crippen LogP contribution in [0.3, 0.4) is 0 Å². The van der Waals surface area contributed by atoms with Gasteiger partial charge in [-0.1, -0.05) is 17.7 Å². The summed E-state index contributed by atoms with van der Waals surface area (Å²) in [7, 11) is 0. The monoisotopic (exact) mass is 368 g/mol. The highest BCUT2D eigenvalue weighted by Crippen LogP contribution is 2.28. The van der Waals surface area contributed by atoms with Crippen molar-refractivity contribution in [2.45, 2.75) is 6.92 Å². The van der Waals surface area contributed by atoms with Crippen molar-refractivity contribution in [1.29, 1.82) is 0 Å². The van der Waals surface area contributed by atoms with Crippen LogP contribution in [0.4, 0.5) is 11.4 Å². The Balaban J connectivity index is 2.25. The van der Waals surface area contributed by atoms with Gasteiger partial charge >= 0.3 is 0 Å². The topological polar surface area (TPSA) is 72.2 Å². The van der Waals surface area contributed by atoms with Gasteiger partial charge in [0, 0.05) is 16.6 Å². The second-order valence-electron chi connectivity index (χ2n) is 4.36. The first kappa shape index (κ1) is 15.5. The third-order valence-corrected chi connectivity index (χ3v) is 3.75. The summed E-state index contributed by atoms with van der Waals surface area (Å²) in [5, 5.41) is 13.4. The van der Waals surface area contributed by atoms with E-state index in [1.807, 2.05) is 19.1 Å². The van der Waals surface area contributed by atoms with E-state index in [1.54, 1.807) is 6.07 Å². The number of hydrogen-bond acceptors (Lipinski definition) is 3. The number of benzene rings is 2. The molecule has 0 saturated heterocycles. The largest absolute Gasteiger partial charge is 0.321 e. The number of carbonyl (C=O) groups is 1. The minimum Gasteiger partial charge on any atom is -0.321 e. The molecule has 0 aliphatic carbocycles. The fourth-order valence-electron chi connectivity index (χ4n) is 1.71. The third-order valence-electron chi connectivity index (χ3n) is 2.78. The molecule has 2 rings (SSSR count). The van der Waals surface area contributed by atoms with Crippen molar-refractivity contribution in [3.8, 4) is 0 Å². The molecule has 0 spiro atoms. The highest BCUT2D eigenvalue weighted by Gasteiger charge is 2.14. The van der Waals surface area contributed by atoms with Crippen molar-refractivity contribution < 1.29 is 9.72 Å². The maximum absolute atomic E-state index is 12.2. The molecule has 108 valence electrons. The van der Waals surface area contributed by atoms with Gasteiger partial charge in [0.05, 0.1) is 21.2 Å². The molecule has 1 N–H and O–H groups in total. The maximum Gasteiger partial charge on any atom is 0.271 e. The normalized spacial score (nSPS) is 10.2. The number of halogens is 2. The van der Waals surface area contributed by atoms with Crippen LogP contribution in [-0.2, 0) is 0 Å². The lowest BCUT2D eigenvalue weighted by atomic mass is 10.1. The first-order chi connectivity index (χ1) is 9.88. The Kier molecular flexibility index (Phi) is 4.59. The molecule has 0 aliphatic rings. The molecule has 0 aliphatic heterocycles. The van der Waals surface area contributed by atoms with Crippen LogP contribution in [0.15, 0.2) is 40.9 Å². The van der Waals surface area contributed by atoms with Crippen LogP contribution in [0.25, 0.3) is 0 Å². The van der Waals surface area contributed by atoms with Gasteiger partial charge in [-0.2, -0.15) is 0 Å². The van der Waals surface area contributed by atoms with Crippen LogP contribution in [0.5, 0.6) is 0 Å². The quantitative estimate of drug-likeness (QED) is 0.636. The zero-order chi connectivity index (χ0) is 15.6. The summed E-state index contributed by atoms with van der Waals surface area (Å²) in [5.74, 6) is -0.349. The molecule has 7 heteroatoms. The van der Waals surface area contributed by atoms with Gasteiger partial charge in [-0.05, 0) is 46.6 Å². The molecule has 21 heavy (non-hydrogen) atoms. The number of nitrogens with one attached hydrogen (secondary N) is 1. The molecular formula is C14H10BrClN2O3. The fraction of sp³-hybridized carbons (Fsp3) is 0.0714. The predicted molar refractivity (Wildman–Crippen MR) is 84.9 cm³/mol. The number of carbonyl (C=O) groups excluding carboxylic acids is 1. The Morgan fingerprint density at radius 3 is 2.57 bits per heavy atom. The van der Waals surface area contributed by atoms with Gasteiger partial charge in [-0.15, -0.1) is 0 Å². The average molecular weight is 370 g/mol. The number of nitro groups is 1. The van der Waals surface area contributed by atoms with E-state index in [2.05, 4.69) is 21.2 Å². The first-order valence-corrected chi connectivity index (χ1v) is 7.07. The number of non-ortho nitro benzene ring substituents is 1. The van der Waals surface area contributed by atoms with Gasteiger partial charge in [0.2, 0.25) is 0 Å². The summed E-state index contributed by atoms with van der Waals surface area (Å²) in [6.07, 6.45) is 0. The summed E-state index contributed by atoms with van der Waals surface area (Å²) in [5.41, 5.74) is 1.66. The molecule has 0 bridgehead atoms. The van der Waals surface area contributed by atoms with Gasteiger partial charge in [-0.25, -0.2) is 0 Å². The summed E-state index contributed by atoms with van der Waals surface area (Å²) < 4.78 is 0.665. The fourth-order valence-corrected chi connectivity index (χ4v) is 2.61. The zero-order valence-electron chi connectivity index (χ0n) is 10.9. The molecular weight excluding hydrogens is 360 g/mol. The van der Waals surface area contributed by atoms with Crippen molar-refractivity contribution in [3.63, 3.8) is 0 Å². The minimum absolute atomic E-state index is 0.112. The number of nitro benzene ring substituents is 1. The molecule has 0 heterocycles. The Morgan fingerprint density at radius 1 is 1.29 bits per heavy atom.